The van der Waals surface area contributed by atoms with E-state index >= 15 is 0 Å². The molecule has 1 heterocycles. The molecule has 4 nitrogen and oxygen atoms in total. The van der Waals surface area contributed by atoms with Crippen molar-refractivity contribution in [3.63, 3.8) is 0 Å². The van der Waals surface area contributed by atoms with E-state index in [9.17, 15) is 9.59 Å². The lowest BCUT2D eigenvalue weighted by atomic mass is 9.73. The van der Waals surface area contributed by atoms with Crippen LogP contribution in [-0.2, 0) is 9.59 Å². The fourth-order valence-corrected chi connectivity index (χ4v) is 4.57. The van der Waals surface area contributed by atoms with E-state index < -0.39 is 0 Å². The third-order valence-electron chi connectivity index (χ3n) is 5.48. The minimum absolute atomic E-state index is 0.0195. The molecule has 4 rings (SSSR count). The van der Waals surface area contributed by atoms with Crippen LogP contribution in [0.3, 0.4) is 0 Å². The molecule has 1 N–H and O–H groups in total. The molecule has 28 heavy (non-hydrogen) atoms. The molecule has 2 aliphatic rings. The maximum absolute atomic E-state index is 13.1. The Morgan fingerprint density at radius 3 is 2.46 bits per heavy atom. The quantitative estimate of drug-likeness (QED) is 0.766. The molecule has 0 unspecified atom stereocenters. The second-order valence-corrected chi connectivity index (χ2v) is 7.93. The minimum Gasteiger partial charge on any atom is -0.497 e. The number of rotatable bonds is 3. The molecule has 1 amide bonds. The van der Waals surface area contributed by atoms with Crippen LogP contribution < -0.4 is 10.1 Å². The van der Waals surface area contributed by atoms with Gasteiger partial charge in [0, 0.05) is 30.0 Å². The largest absolute Gasteiger partial charge is 0.497 e. The molecule has 0 aromatic heterocycles. The summed E-state index contributed by atoms with van der Waals surface area (Å²) in [6.07, 6.45) is 1.20. The number of allylic oxidation sites excluding steroid dienone is 2. The van der Waals surface area contributed by atoms with Crippen molar-refractivity contribution in [1.29, 1.82) is 0 Å². The van der Waals surface area contributed by atoms with Crippen molar-refractivity contribution in [2.45, 2.75) is 31.1 Å². The monoisotopic (exact) mass is 415 g/mol. The molecule has 2 atom stereocenters. The number of ketones is 1. The van der Waals surface area contributed by atoms with Gasteiger partial charge >= 0.3 is 0 Å². The van der Waals surface area contributed by atoms with E-state index in [1.807, 2.05) is 30.3 Å². The molecule has 1 aliphatic heterocycles. The SMILES string of the molecule is COc1ccc([C@@H]2CC(=O)C3=C(C2)NC(=O)C[C@@H]3c2cccc(Cl)c2Cl)cc1. The summed E-state index contributed by atoms with van der Waals surface area (Å²) in [5, 5.41) is 3.75. The Morgan fingerprint density at radius 2 is 1.75 bits per heavy atom. The Hall–Kier alpha value is -2.30. The van der Waals surface area contributed by atoms with Crippen LogP contribution in [0.2, 0.25) is 10.0 Å². The van der Waals surface area contributed by atoms with Crippen LogP contribution in [0.15, 0.2) is 53.7 Å². The summed E-state index contributed by atoms with van der Waals surface area (Å²) in [6, 6.07) is 13.1. The second kappa shape index (κ2) is 7.61. The van der Waals surface area contributed by atoms with Gasteiger partial charge in [-0.15, -0.1) is 0 Å². The van der Waals surface area contributed by atoms with Gasteiger partial charge in [0.1, 0.15) is 5.75 Å². The molecule has 6 heteroatoms. The number of hydrogen-bond acceptors (Lipinski definition) is 3. The van der Waals surface area contributed by atoms with E-state index in [4.69, 9.17) is 27.9 Å². The van der Waals surface area contributed by atoms with Crippen molar-refractivity contribution in [1.82, 2.24) is 5.32 Å². The molecule has 2 aromatic carbocycles. The minimum atomic E-state index is -0.362. The fourth-order valence-electron chi connectivity index (χ4n) is 4.13. The highest BCUT2D eigenvalue weighted by molar-refractivity contribution is 6.42. The second-order valence-electron chi connectivity index (χ2n) is 7.14. The topological polar surface area (TPSA) is 55.4 Å². The summed E-state index contributed by atoms with van der Waals surface area (Å²) in [5.74, 6) is 0.365. The van der Waals surface area contributed by atoms with Crippen molar-refractivity contribution in [2.75, 3.05) is 7.11 Å². The van der Waals surface area contributed by atoms with Gasteiger partial charge in [-0.2, -0.15) is 0 Å². The average Bonchev–Trinajstić information content (AvgIpc) is 2.69. The number of amides is 1. The van der Waals surface area contributed by atoms with Crippen LogP contribution in [0.5, 0.6) is 5.75 Å². The highest BCUT2D eigenvalue weighted by Gasteiger charge is 2.39. The van der Waals surface area contributed by atoms with Gasteiger partial charge in [0.25, 0.3) is 0 Å². The zero-order valence-electron chi connectivity index (χ0n) is 15.3. The number of halogens is 2. The van der Waals surface area contributed by atoms with Crippen LogP contribution in [0, 0.1) is 0 Å². The molecule has 0 spiro atoms. The van der Waals surface area contributed by atoms with Crippen molar-refractivity contribution in [2.24, 2.45) is 0 Å². The molecule has 1 aliphatic carbocycles. The fraction of sp³-hybridized carbons (Fsp3) is 0.273. The Balaban J connectivity index is 1.71. The Labute approximate surface area is 173 Å². The van der Waals surface area contributed by atoms with Gasteiger partial charge in [0.15, 0.2) is 5.78 Å². The van der Waals surface area contributed by atoms with Gasteiger partial charge in [-0.25, -0.2) is 0 Å². The van der Waals surface area contributed by atoms with Crippen molar-refractivity contribution >= 4 is 34.9 Å². The summed E-state index contributed by atoms with van der Waals surface area (Å²) in [7, 11) is 1.62. The molecule has 2 aromatic rings. The van der Waals surface area contributed by atoms with Gasteiger partial charge in [-0.3, -0.25) is 9.59 Å². The predicted octanol–water partition coefficient (Wildman–Crippen LogP) is 5.01. The van der Waals surface area contributed by atoms with Gasteiger partial charge in [-0.05, 0) is 41.7 Å². The first-order valence-electron chi connectivity index (χ1n) is 9.12. The third-order valence-corrected chi connectivity index (χ3v) is 6.31. The number of benzene rings is 2. The van der Waals surface area contributed by atoms with E-state index in [1.165, 1.54) is 0 Å². The number of Topliss-reactive ketones (excluding diaryl/α,β-unsaturated/α-hetero) is 1. The summed E-state index contributed by atoms with van der Waals surface area (Å²) < 4.78 is 5.20. The van der Waals surface area contributed by atoms with E-state index in [2.05, 4.69) is 5.32 Å². The number of methoxy groups -OCH3 is 1. The van der Waals surface area contributed by atoms with Crippen LogP contribution in [0.1, 0.15) is 42.2 Å². The zero-order valence-corrected chi connectivity index (χ0v) is 16.8. The van der Waals surface area contributed by atoms with Gasteiger partial charge in [0.05, 0.1) is 17.2 Å². The maximum Gasteiger partial charge on any atom is 0.225 e. The number of nitrogens with one attached hydrogen (secondary N) is 1. The smallest absolute Gasteiger partial charge is 0.225 e. The number of carbonyl (C=O) groups is 2. The van der Waals surface area contributed by atoms with Crippen LogP contribution >= 0.6 is 23.2 Å². The molecule has 144 valence electrons. The lowest BCUT2D eigenvalue weighted by Gasteiger charge is -2.34. The van der Waals surface area contributed by atoms with Crippen molar-refractivity contribution < 1.29 is 14.3 Å². The maximum atomic E-state index is 13.1. The van der Waals surface area contributed by atoms with E-state index in [0.29, 0.717) is 34.2 Å². The Morgan fingerprint density at radius 1 is 1.00 bits per heavy atom. The van der Waals surface area contributed by atoms with Crippen molar-refractivity contribution in [3.05, 3.63) is 74.9 Å². The summed E-state index contributed by atoms with van der Waals surface area (Å²) in [6.45, 7) is 0. The van der Waals surface area contributed by atoms with Gasteiger partial charge < -0.3 is 10.1 Å². The Bertz CT molecular complexity index is 982. The van der Waals surface area contributed by atoms with Crippen LogP contribution in [0.4, 0.5) is 0 Å². The molecule has 0 radical (unpaired) electrons. The third kappa shape index (κ3) is 3.43. The molecule has 0 fully saturated rings. The molecule has 0 bridgehead atoms. The normalized spacial score (nSPS) is 22.0. The number of hydrogen-bond donors (Lipinski definition) is 1. The van der Waals surface area contributed by atoms with E-state index in [1.54, 1.807) is 19.2 Å². The molecular weight excluding hydrogens is 397 g/mol. The van der Waals surface area contributed by atoms with Gasteiger partial charge in [-0.1, -0.05) is 47.5 Å². The Kier molecular flexibility index (Phi) is 5.17. The van der Waals surface area contributed by atoms with Crippen LogP contribution in [0.25, 0.3) is 0 Å². The highest BCUT2D eigenvalue weighted by Crippen LogP contribution is 2.45. The summed E-state index contributed by atoms with van der Waals surface area (Å²) in [4.78, 5) is 25.5. The molecule has 0 saturated carbocycles. The van der Waals surface area contributed by atoms with Crippen molar-refractivity contribution in [3.8, 4) is 5.75 Å². The number of ether oxygens (including phenoxy) is 1. The first-order valence-corrected chi connectivity index (χ1v) is 9.87. The predicted molar refractivity (Wildman–Crippen MR) is 109 cm³/mol. The average molecular weight is 416 g/mol. The van der Waals surface area contributed by atoms with Crippen LogP contribution in [-0.4, -0.2) is 18.8 Å². The van der Waals surface area contributed by atoms with Gasteiger partial charge in [0.2, 0.25) is 5.91 Å². The van der Waals surface area contributed by atoms with E-state index in [-0.39, 0.29) is 29.9 Å². The first-order chi connectivity index (χ1) is 13.5. The zero-order chi connectivity index (χ0) is 19.8. The summed E-state index contributed by atoms with van der Waals surface area (Å²) in [5.41, 5.74) is 3.15. The summed E-state index contributed by atoms with van der Waals surface area (Å²) >= 11 is 12.6. The lowest BCUT2D eigenvalue weighted by Crippen LogP contribution is -2.38. The molecule has 0 saturated heterocycles. The number of carbonyl (C=O) groups excluding carboxylic acids is 2. The highest BCUT2D eigenvalue weighted by atomic mass is 35.5. The molecular formula is C22H19Cl2NO3. The first kappa shape index (κ1) is 19.0. The standard InChI is InChI=1S/C22H19Cl2NO3/c1-28-14-7-5-12(6-8-14)13-9-18-21(19(26)10-13)16(11-20(27)25-18)15-3-2-4-17(23)22(15)24/h2-8,13,16H,9-11H2,1H3,(H,25,27)/t13-,16+/m0/s1. The lowest BCUT2D eigenvalue weighted by molar-refractivity contribution is -0.122. The van der Waals surface area contributed by atoms with E-state index in [0.717, 1.165) is 16.9 Å².